The summed E-state index contributed by atoms with van der Waals surface area (Å²) < 4.78 is 0. The van der Waals surface area contributed by atoms with E-state index in [1.54, 1.807) is 4.90 Å². The lowest BCUT2D eigenvalue weighted by Crippen LogP contribution is -2.52. The largest absolute Gasteiger partial charge is 0.324 e. The minimum Gasteiger partial charge on any atom is -0.324 e. The number of carbonyl (C=O) groups is 3. The van der Waals surface area contributed by atoms with Gasteiger partial charge in [0.1, 0.15) is 6.04 Å². The lowest BCUT2D eigenvalue weighted by Gasteiger charge is -2.31. The van der Waals surface area contributed by atoms with E-state index in [0.717, 1.165) is 43.5 Å². The van der Waals surface area contributed by atoms with Gasteiger partial charge in [0.25, 0.3) is 5.91 Å². The maximum Gasteiger partial charge on any atom is 0.255 e. The first-order valence-electron chi connectivity index (χ1n) is 9.72. The lowest BCUT2D eigenvalue weighted by atomic mass is 9.99. The number of fused-ring (bicyclic) bond motifs is 3. The molecule has 0 aromatic heterocycles. The third kappa shape index (κ3) is 2.68. The highest BCUT2D eigenvalue weighted by Crippen LogP contribution is 2.40. The zero-order chi connectivity index (χ0) is 18.8. The molecule has 3 amide bonds. The highest BCUT2D eigenvalue weighted by molar-refractivity contribution is 6.05. The van der Waals surface area contributed by atoms with Gasteiger partial charge in [0.05, 0.1) is 0 Å². The maximum absolute atomic E-state index is 12.9. The minimum absolute atomic E-state index is 0.0444. The van der Waals surface area contributed by atoms with Crippen LogP contribution < -0.4 is 11.1 Å². The Morgan fingerprint density at radius 2 is 2.07 bits per heavy atom. The molecule has 4 aliphatic rings. The second-order valence-corrected chi connectivity index (χ2v) is 8.51. The number of carbonyl (C=O) groups excluding carboxylic acids is 3. The Kier molecular flexibility index (Phi) is 3.67. The molecule has 5 rings (SSSR count). The third-order valence-corrected chi connectivity index (χ3v) is 6.70. The molecule has 0 spiro atoms. The molecule has 27 heavy (non-hydrogen) atoms. The molecule has 1 saturated carbocycles. The molecule has 7 nitrogen and oxygen atoms in total. The van der Waals surface area contributed by atoms with Crippen LogP contribution in [0.5, 0.6) is 0 Å². The average Bonchev–Trinajstić information content (AvgIpc) is 3.26. The molecule has 3 fully saturated rings. The van der Waals surface area contributed by atoms with Crippen molar-refractivity contribution < 1.29 is 14.4 Å². The zero-order valence-electron chi connectivity index (χ0n) is 15.2. The van der Waals surface area contributed by atoms with Crippen molar-refractivity contribution in [1.29, 1.82) is 0 Å². The molecular weight excluding hydrogens is 344 g/mol. The van der Waals surface area contributed by atoms with Crippen molar-refractivity contribution in [3.63, 3.8) is 0 Å². The number of nitrogens with zero attached hydrogens (tertiary/aromatic N) is 2. The SMILES string of the molecule is NC12CCC(C1)N(Cc1cccc3c1CN(C1CCC(=O)NC1=O)C3=O)C2. The summed E-state index contributed by atoms with van der Waals surface area (Å²) in [6.07, 6.45) is 3.97. The number of hydrogen-bond donors (Lipinski definition) is 2. The summed E-state index contributed by atoms with van der Waals surface area (Å²) in [4.78, 5) is 40.6. The van der Waals surface area contributed by atoms with Crippen LogP contribution in [-0.2, 0) is 22.7 Å². The molecule has 1 aromatic carbocycles. The van der Waals surface area contributed by atoms with Crippen molar-refractivity contribution in [3.05, 3.63) is 34.9 Å². The quantitative estimate of drug-likeness (QED) is 0.758. The first-order chi connectivity index (χ1) is 12.9. The Labute approximate surface area is 157 Å². The van der Waals surface area contributed by atoms with Crippen molar-refractivity contribution in [2.24, 2.45) is 5.73 Å². The Morgan fingerprint density at radius 3 is 2.78 bits per heavy atom. The monoisotopic (exact) mass is 368 g/mol. The first kappa shape index (κ1) is 16.9. The van der Waals surface area contributed by atoms with Crippen LogP contribution in [0.2, 0.25) is 0 Å². The van der Waals surface area contributed by atoms with Gasteiger partial charge in [-0.25, -0.2) is 0 Å². The summed E-state index contributed by atoms with van der Waals surface area (Å²) >= 11 is 0. The molecule has 3 aliphatic heterocycles. The van der Waals surface area contributed by atoms with Gasteiger partial charge in [0.15, 0.2) is 0 Å². The average molecular weight is 368 g/mol. The van der Waals surface area contributed by atoms with Gasteiger partial charge in [-0.05, 0) is 42.9 Å². The second kappa shape index (κ2) is 5.87. The van der Waals surface area contributed by atoms with Crippen molar-refractivity contribution >= 4 is 17.7 Å². The molecule has 2 bridgehead atoms. The van der Waals surface area contributed by atoms with E-state index >= 15 is 0 Å². The van der Waals surface area contributed by atoms with Gasteiger partial charge in [0, 0.05) is 43.2 Å². The number of nitrogens with two attached hydrogens (primary N) is 1. The van der Waals surface area contributed by atoms with Gasteiger partial charge in [-0.2, -0.15) is 0 Å². The number of hydrogen-bond acceptors (Lipinski definition) is 5. The van der Waals surface area contributed by atoms with E-state index < -0.39 is 6.04 Å². The van der Waals surface area contributed by atoms with E-state index in [0.29, 0.717) is 24.6 Å². The number of benzene rings is 1. The van der Waals surface area contributed by atoms with E-state index in [2.05, 4.69) is 16.3 Å². The third-order valence-electron chi connectivity index (χ3n) is 6.70. The Balaban J connectivity index is 1.38. The molecule has 3 N–H and O–H groups in total. The van der Waals surface area contributed by atoms with Gasteiger partial charge in [-0.3, -0.25) is 24.6 Å². The molecule has 2 saturated heterocycles. The van der Waals surface area contributed by atoms with E-state index in [1.807, 2.05) is 12.1 Å². The van der Waals surface area contributed by atoms with Crippen LogP contribution in [0.1, 0.15) is 53.6 Å². The molecule has 3 atom stereocenters. The van der Waals surface area contributed by atoms with E-state index in [-0.39, 0.29) is 29.7 Å². The lowest BCUT2D eigenvalue weighted by molar-refractivity contribution is -0.136. The summed E-state index contributed by atoms with van der Waals surface area (Å²) in [7, 11) is 0. The molecule has 1 aromatic rings. The fourth-order valence-electron chi connectivity index (χ4n) is 5.32. The smallest absolute Gasteiger partial charge is 0.255 e. The molecular formula is C20H24N4O3. The van der Waals surface area contributed by atoms with Crippen molar-refractivity contribution in [3.8, 4) is 0 Å². The zero-order valence-corrected chi connectivity index (χ0v) is 15.2. The molecule has 7 heteroatoms. The van der Waals surface area contributed by atoms with Crippen LogP contribution in [-0.4, -0.2) is 51.7 Å². The summed E-state index contributed by atoms with van der Waals surface area (Å²) in [6, 6.07) is 5.81. The fraction of sp³-hybridized carbons (Fsp3) is 0.550. The predicted octanol–water partition coefficient (Wildman–Crippen LogP) is 0.513. The highest BCUT2D eigenvalue weighted by atomic mass is 16.2. The van der Waals surface area contributed by atoms with Crippen LogP contribution >= 0.6 is 0 Å². The van der Waals surface area contributed by atoms with Crippen LogP contribution in [0.25, 0.3) is 0 Å². The van der Waals surface area contributed by atoms with E-state index in [1.165, 1.54) is 0 Å². The summed E-state index contributed by atoms with van der Waals surface area (Å²) in [5, 5.41) is 2.36. The number of imide groups is 1. The normalized spacial score (nSPS) is 32.9. The van der Waals surface area contributed by atoms with Gasteiger partial charge in [-0.1, -0.05) is 12.1 Å². The van der Waals surface area contributed by atoms with Gasteiger partial charge in [-0.15, -0.1) is 0 Å². The summed E-state index contributed by atoms with van der Waals surface area (Å²) in [5.41, 5.74) is 9.25. The first-order valence-corrected chi connectivity index (χ1v) is 9.72. The molecule has 3 unspecified atom stereocenters. The Hall–Kier alpha value is -2.25. The summed E-state index contributed by atoms with van der Waals surface area (Å²) in [5.74, 6) is -0.739. The Bertz CT molecular complexity index is 854. The minimum atomic E-state index is -0.564. The topological polar surface area (TPSA) is 95.7 Å². The van der Waals surface area contributed by atoms with E-state index in [4.69, 9.17) is 5.73 Å². The van der Waals surface area contributed by atoms with Gasteiger partial charge < -0.3 is 10.6 Å². The van der Waals surface area contributed by atoms with Crippen LogP contribution in [0, 0.1) is 0 Å². The van der Waals surface area contributed by atoms with Crippen molar-refractivity contribution in [2.45, 2.75) is 62.8 Å². The van der Waals surface area contributed by atoms with Gasteiger partial charge in [0.2, 0.25) is 11.8 Å². The maximum atomic E-state index is 12.9. The second-order valence-electron chi connectivity index (χ2n) is 8.51. The molecule has 3 heterocycles. The number of rotatable bonds is 3. The Morgan fingerprint density at radius 1 is 1.22 bits per heavy atom. The van der Waals surface area contributed by atoms with Crippen molar-refractivity contribution in [2.75, 3.05) is 6.54 Å². The van der Waals surface area contributed by atoms with Crippen LogP contribution in [0.15, 0.2) is 18.2 Å². The van der Waals surface area contributed by atoms with Crippen molar-refractivity contribution in [1.82, 2.24) is 15.1 Å². The fourth-order valence-corrected chi connectivity index (χ4v) is 5.32. The van der Waals surface area contributed by atoms with Crippen LogP contribution in [0.3, 0.4) is 0 Å². The molecule has 1 aliphatic carbocycles. The molecule has 0 radical (unpaired) electrons. The summed E-state index contributed by atoms with van der Waals surface area (Å²) in [6.45, 7) is 2.14. The predicted molar refractivity (Wildman–Crippen MR) is 97.5 cm³/mol. The van der Waals surface area contributed by atoms with E-state index in [9.17, 15) is 14.4 Å². The standard InChI is InChI=1S/C20H24N4O3/c21-20-7-6-13(8-20)23(11-20)9-12-2-1-3-14-15(12)10-24(19(14)27)16-4-5-17(25)22-18(16)26/h1-3,13,16H,4-11,21H2,(H,22,25,26). The highest BCUT2D eigenvalue weighted by Gasteiger charge is 2.47. The number of piperidine rings is 2. The number of nitrogens with one attached hydrogen (secondary N) is 1. The number of likely N-dealkylation sites (tertiary alicyclic amines) is 1. The van der Waals surface area contributed by atoms with Crippen LogP contribution in [0.4, 0.5) is 0 Å². The molecule has 142 valence electrons. The number of amides is 3. The van der Waals surface area contributed by atoms with Gasteiger partial charge >= 0.3 is 0 Å².